The second-order valence-electron chi connectivity index (χ2n) is 6.80. The molecule has 0 aliphatic rings. The molecule has 0 fully saturated rings. The molecule has 0 atom stereocenters. The largest absolute Gasteiger partial charge is 0.493 e. The summed E-state index contributed by atoms with van der Waals surface area (Å²) in [6.45, 7) is 5.76. The number of nitrogens with zero attached hydrogens (tertiary/aromatic N) is 6. The van der Waals surface area contributed by atoms with Gasteiger partial charge >= 0.3 is 0 Å². The van der Waals surface area contributed by atoms with Crippen LogP contribution in [0.5, 0.6) is 5.88 Å². The Balaban J connectivity index is 1.73. The summed E-state index contributed by atoms with van der Waals surface area (Å²) < 4.78 is 1.82. The number of fused-ring (bicyclic) bond motifs is 1. The zero-order valence-corrected chi connectivity index (χ0v) is 17.4. The molecule has 0 amide bonds. The summed E-state index contributed by atoms with van der Waals surface area (Å²) >= 11 is 0. The molecule has 0 saturated heterocycles. The molecule has 9 nitrogen and oxygen atoms in total. The lowest BCUT2D eigenvalue weighted by atomic mass is 10.2. The summed E-state index contributed by atoms with van der Waals surface area (Å²) in [6, 6.07) is 17.7. The lowest BCUT2D eigenvalue weighted by Gasteiger charge is -2.07. The Hall–Kier alpha value is -4.01. The molecular weight excluding hydrogens is 392 g/mol. The molecule has 0 aliphatic carbocycles. The van der Waals surface area contributed by atoms with Gasteiger partial charge in [0, 0.05) is 18.5 Å². The number of para-hydroxylation sites is 1. The second kappa shape index (κ2) is 9.21. The smallest absolute Gasteiger partial charge is 0.275 e. The van der Waals surface area contributed by atoms with Gasteiger partial charge < -0.3 is 20.3 Å². The van der Waals surface area contributed by atoms with Crippen LogP contribution in [-0.2, 0) is 6.54 Å². The van der Waals surface area contributed by atoms with Crippen LogP contribution < -0.4 is 10.6 Å². The van der Waals surface area contributed by atoms with Gasteiger partial charge in [-0.3, -0.25) is 0 Å². The summed E-state index contributed by atoms with van der Waals surface area (Å²) in [6.07, 6.45) is 0. The molecule has 0 radical (unpaired) electrons. The van der Waals surface area contributed by atoms with Crippen LogP contribution in [0, 0.1) is 0 Å². The summed E-state index contributed by atoms with van der Waals surface area (Å²) in [5.41, 5.74) is 2.32. The van der Waals surface area contributed by atoms with Crippen molar-refractivity contribution in [1.29, 1.82) is 0 Å². The number of aromatic hydroxyl groups is 1. The lowest BCUT2D eigenvalue weighted by Crippen LogP contribution is -2.08. The third-order valence-electron chi connectivity index (χ3n) is 4.63. The van der Waals surface area contributed by atoms with Crippen LogP contribution in [0.3, 0.4) is 0 Å². The van der Waals surface area contributed by atoms with Gasteiger partial charge in [-0.15, -0.1) is 10.2 Å². The molecule has 2 heterocycles. The Morgan fingerprint density at radius 1 is 0.839 bits per heavy atom. The van der Waals surface area contributed by atoms with E-state index in [1.807, 2.05) is 73.0 Å². The maximum Gasteiger partial charge on any atom is 0.275 e. The number of rotatable bonds is 8. The molecule has 0 unspecified atom stereocenters. The Labute approximate surface area is 179 Å². The van der Waals surface area contributed by atoms with E-state index in [9.17, 15) is 5.11 Å². The fourth-order valence-corrected chi connectivity index (χ4v) is 3.27. The van der Waals surface area contributed by atoms with E-state index in [1.54, 1.807) is 0 Å². The Bertz CT molecular complexity index is 1180. The van der Waals surface area contributed by atoms with E-state index in [1.165, 1.54) is 0 Å². The molecule has 31 heavy (non-hydrogen) atoms. The van der Waals surface area contributed by atoms with Crippen LogP contribution in [-0.4, -0.2) is 37.7 Å². The van der Waals surface area contributed by atoms with Crippen molar-refractivity contribution in [2.75, 3.05) is 23.7 Å². The molecule has 2 aromatic heterocycles. The highest BCUT2D eigenvalue weighted by atomic mass is 16.3. The quantitative estimate of drug-likeness (QED) is 0.354. The van der Waals surface area contributed by atoms with Crippen molar-refractivity contribution in [3.05, 3.63) is 60.2 Å². The molecule has 9 heteroatoms. The minimum Gasteiger partial charge on any atom is -0.493 e. The average molecular weight is 416 g/mol. The van der Waals surface area contributed by atoms with E-state index in [4.69, 9.17) is 0 Å². The van der Waals surface area contributed by atoms with E-state index >= 15 is 0 Å². The van der Waals surface area contributed by atoms with Crippen LogP contribution >= 0.6 is 0 Å². The van der Waals surface area contributed by atoms with Crippen molar-refractivity contribution in [2.24, 2.45) is 10.2 Å². The van der Waals surface area contributed by atoms with Crippen LogP contribution in [0.1, 0.15) is 19.4 Å². The van der Waals surface area contributed by atoms with E-state index < -0.39 is 0 Å². The van der Waals surface area contributed by atoms with Gasteiger partial charge in [0.25, 0.3) is 5.95 Å². The fourth-order valence-electron chi connectivity index (χ4n) is 3.27. The highest BCUT2D eigenvalue weighted by molar-refractivity contribution is 5.95. The first kappa shape index (κ1) is 20.3. The zero-order chi connectivity index (χ0) is 21.6. The van der Waals surface area contributed by atoms with Gasteiger partial charge in [-0.2, -0.15) is 15.0 Å². The van der Waals surface area contributed by atoms with E-state index in [0.717, 1.165) is 16.5 Å². The second-order valence-corrected chi connectivity index (χ2v) is 6.80. The SMILES string of the molecule is CCNc1nc(N=Nc2c(O)n(Cc3ccccc3)c3ccccc23)nc(NCC)n1. The highest BCUT2D eigenvalue weighted by Gasteiger charge is 2.17. The molecule has 0 spiro atoms. The van der Waals surface area contributed by atoms with Gasteiger partial charge in [-0.05, 0) is 25.5 Å². The van der Waals surface area contributed by atoms with E-state index in [2.05, 4.69) is 35.8 Å². The number of hydrogen-bond donors (Lipinski definition) is 3. The number of benzene rings is 2. The molecule has 2 aromatic carbocycles. The third-order valence-corrected chi connectivity index (χ3v) is 4.63. The average Bonchev–Trinajstić information content (AvgIpc) is 3.04. The standard InChI is InChI=1S/C22H24N8O/c1-3-23-20-25-21(24-4-2)27-22(26-20)29-28-18-16-12-8-9-13-17(16)30(19(18)31)14-15-10-6-5-7-11-15/h5-13,31H,3-4,14H2,1-2H3,(H2,23,24,25,26,27). The van der Waals surface area contributed by atoms with Crippen LogP contribution in [0.25, 0.3) is 10.9 Å². The third kappa shape index (κ3) is 4.45. The predicted molar refractivity (Wildman–Crippen MR) is 121 cm³/mol. The van der Waals surface area contributed by atoms with Crippen molar-refractivity contribution in [3.8, 4) is 5.88 Å². The highest BCUT2D eigenvalue weighted by Crippen LogP contribution is 2.39. The summed E-state index contributed by atoms with van der Waals surface area (Å²) in [4.78, 5) is 12.9. The van der Waals surface area contributed by atoms with E-state index in [0.29, 0.717) is 37.2 Å². The van der Waals surface area contributed by atoms with Crippen molar-refractivity contribution in [2.45, 2.75) is 20.4 Å². The molecule has 4 rings (SSSR count). The topological polar surface area (TPSA) is 113 Å². The molecule has 0 saturated carbocycles. The molecular formula is C22H24N8O. The van der Waals surface area contributed by atoms with Gasteiger partial charge in [-0.1, -0.05) is 48.5 Å². The summed E-state index contributed by atoms with van der Waals surface area (Å²) in [5, 5.41) is 26.4. The maximum atomic E-state index is 11.0. The molecule has 0 bridgehead atoms. The van der Waals surface area contributed by atoms with Gasteiger partial charge in [-0.25, -0.2) is 0 Å². The van der Waals surface area contributed by atoms with Crippen molar-refractivity contribution >= 4 is 34.4 Å². The summed E-state index contributed by atoms with van der Waals surface area (Å²) in [7, 11) is 0. The van der Waals surface area contributed by atoms with Crippen LogP contribution in [0.2, 0.25) is 0 Å². The monoisotopic (exact) mass is 416 g/mol. The normalized spacial score (nSPS) is 11.3. The van der Waals surface area contributed by atoms with Crippen LogP contribution in [0.4, 0.5) is 23.5 Å². The van der Waals surface area contributed by atoms with Gasteiger partial charge in [0.1, 0.15) is 0 Å². The summed E-state index contributed by atoms with van der Waals surface area (Å²) in [5.74, 6) is 1.03. The molecule has 0 aliphatic heterocycles. The number of hydrogen-bond acceptors (Lipinski definition) is 8. The first-order valence-electron chi connectivity index (χ1n) is 10.2. The number of azo groups is 1. The first-order valence-corrected chi connectivity index (χ1v) is 10.2. The molecule has 158 valence electrons. The van der Waals surface area contributed by atoms with Gasteiger partial charge in [0.2, 0.25) is 17.8 Å². The zero-order valence-electron chi connectivity index (χ0n) is 17.4. The number of anilines is 2. The van der Waals surface area contributed by atoms with Gasteiger partial charge in [0.15, 0.2) is 5.69 Å². The van der Waals surface area contributed by atoms with Crippen LogP contribution in [0.15, 0.2) is 64.8 Å². The molecule has 4 aromatic rings. The van der Waals surface area contributed by atoms with Crippen molar-refractivity contribution in [3.63, 3.8) is 0 Å². The molecule has 3 N–H and O–H groups in total. The van der Waals surface area contributed by atoms with Crippen molar-refractivity contribution in [1.82, 2.24) is 19.5 Å². The maximum absolute atomic E-state index is 11.0. The minimum absolute atomic E-state index is 0.0432. The Morgan fingerprint density at radius 3 is 2.16 bits per heavy atom. The van der Waals surface area contributed by atoms with E-state index in [-0.39, 0.29) is 11.8 Å². The Morgan fingerprint density at radius 2 is 1.48 bits per heavy atom. The van der Waals surface area contributed by atoms with Gasteiger partial charge in [0.05, 0.1) is 12.1 Å². The minimum atomic E-state index is 0.0432. The number of aromatic nitrogens is 4. The lowest BCUT2D eigenvalue weighted by molar-refractivity contribution is 0.429. The number of nitrogens with one attached hydrogen (secondary N) is 2. The Kier molecular flexibility index (Phi) is 6.02. The van der Waals surface area contributed by atoms with Crippen molar-refractivity contribution < 1.29 is 5.11 Å². The fraction of sp³-hybridized carbons (Fsp3) is 0.227. The predicted octanol–water partition coefficient (Wildman–Crippen LogP) is 4.86. The first-order chi connectivity index (χ1) is 15.2.